The number of carbonyl (C=O) groups excluding carboxylic acids is 4. The Balaban J connectivity index is 1.50. The average Bonchev–Trinajstić information content (AvgIpc) is 3.57. The van der Waals surface area contributed by atoms with E-state index >= 15 is 0 Å². The van der Waals surface area contributed by atoms with Crippen molar-refractivity contribution >= 4 is 35.0 Å². The third-order valence-electron chi connectivity index (χ3n) is 11.3. The summed E-state index contributed by atoms with van der Waals surface area (Å²) in [5.41, 5.74) is 0.261. The molecule has 294 valence electrons. The number of piperidine rings is 1. The number of likely N-dealkylation sites (N-methyl/N-ethyl adjacent to an activating group) is 1. The normalized spacial score (nSPS) is 23.0. The van der Waals surface area contributed by atoms with Gasteiger partial charge in [0.15, 0.2) is 0 Å². The summed E-state index contributed by atoms with van der Waals surface area (Å²) >= 11 is 1.18. The summed E-state index contributed by atoms with van der Waals surface area (Å²) in [6.45, 7) is 13.1. The molecule has 0 bridgehead atoms. The van der Waals surface area contributed by atoms with Crippen LogP contribution in [0.4, 0.5) is 4.39 Å². The van der Waals surface area contributed by atoms with Crippen molar-refractivity contribution in [1.29, 1.82) is 0 Å². The maximum atomic E-state index is 14.4. The van der Waals surface area contributed by atoms with Crippen molar-refractivity contribution in [2.45, 2.75) is 129 Å². The van der Waals surface area contributed by atoms with Gasteiger partial charge in [0.25, 0.3) is 5.91 Å². The lowest BCUT2D eigenvalue weighted by Crippen LogP contribution is -2.58. The Morgan fingerprint density at radius 3 is 2.43 bits per heavy atom. The Kier molecular flexibility index (Phi) is 15.0. The predicted octanol–water partition coefficient (Wildman–Crippen LogP) is 5.84. The van der Waals surface area contributed by atoms with E-state index < -0.39 is 29.5 Å². The van der Waals surface area contributed by atoms with Crippen molar-refractivity contribution in [1.82, 2.24) is 25.4 Å². The van der Waals surface area contributed by atoms with Crippen LogP contribution >= 0.6 is 11.3 Å². The number of likely N-dealkylation sites (tertiary alicyclic amines) is 1. The fraction of sp³-hybridized carbons (Fsp3) is 0.675. The molecule has 3 amide bonds. The second kappa shape index (κ2) is 18.8. The molecule has 11 nitrogen and oxygen atoms in total. The third kappa shape index (κ3) is 10.4. The lowest BCUT2D eigenvalue weighted by atomic mass is 9.92. The first-order valence-electron chi connectivity index (χ1n) is 19.3. The van der Waals surface area contributed by atoms with Crippen molar-refractivity contribution < 1.29 is 33.4 Å². The number of aliphatic hydroxyl groups excluding tert-OH is 1. The minimum Gasteiger partial charge on any atom is -0.469 e. The van der Waals surface area contributed by atoms with E-state index in [4.69, 9.17) is 4.74 Å². The molecule has 4 unspecified atom stereocenters. The summed E-state index contributed by atoms with van der Waals surface area (Å²) < 4.78 is 18.6. The van der Waals surface area contributed by atoms with Gasteiger partial charge in [0.2, 0.25) is 11.8 Å². The summed E-state index contributed by atoms with van der Waals surface area (Å²) in [5, 5.41) is 19.8. The first-order chi connectivity index (χ1) is 25.2. The van der Waals surface area contributed by atoms with E-state index in [1.54, 1.807) is 24.4 Å². The largest absolute Gasteiger partial charge is 0.469 e. The number of rotatable bonds is 18. The number of nitrogens with one attached hydrogen (secondary N) is 2. The van der Waals surface area contributed by atoms with E-state index in [2.05, 4.69) is 20.5 Å². The van der Waals surface area contributed by atoms with Gasteiger partial charge >= 0.3 is 5.97 Å². The monoisotopic (exact) mass is 757 g/mol. The van der Waals surface area contributed by atoms with Crippen LogP contribution in [0.3, 0.4) is 0 Å². The summed E-state index contributed by atoms with van der Waals surface area (Å²) in [7, 11) is 3.29. The second-order valence-electron chi connectivity index (χ2n) is 15.6. The molecule has 3 N–H and O–H groups in total. The van der Waals surface area contributed by atoms with Gasteiger partial charge in [-0.05, 0) is 75.2 Å². The van der Waals surface area contributed by atoms with Crippen LogP contribution in [0.1, 0.15) is 126 Å². The molecule has 1 aliphatic heterocycles. The maximum absolute atomic E-state index is 14.4. The molecule has 13 heteroatoms. The van der Waals surface area contributed by atoms with Crippen molar-refractivity contribution in [2.24, 2.45) is 17.8 Å². The molecule has 8 atom stereocenters. The number of hydrogen-bond donors (Lipinski definition) is 3. The molecule has 2 fully saturated rings. The number of nitrogens with zero attached hydrogens (tertiary/aromatic N) is 3. The summed E-state index contributed by atoms with van der Waals surface area (Å²) in [4.78, 5) is 62.4. The van der Waals surface area contributed by atoms with Gasteiger partial charge in [-0.1, -0.05) is 66.5 Å². The number of methoxy groups -OCH3 is 1. The Bertz CT molecular complexity index is 1550. The maximum Gasteiger partial charge on any atom is 0.308 e. The number of halogens is 1. The number of hydrogen-bond acceptors (Lipinski definition) is 9. The van der Waals surface area contributed by atoms with Crippen LogP contribution in [0.25, 0.3) is 0 Å². The number of carbonyl (C=O) groups is 4. The number of esters is 1. The van der Waals surface area contributed by atoms with Gasteiger partial charge in [0.05, 0.1) is 19.1 Å². The van der Waals surface area contributed by atoms with Crippen molar-refractivity contribution in [3.05, 3.63) is 51.7 Å². The molecule has 0 radical (unpaired) electrons. The lowest BCUT2D eigenvalue weighted by Gasteiger charge is -2.39. The van der Waals surface area contributed by atoms with Crippen LogP contribution in [0.5, 0.6) is 0 Å². The molecule has 0 spiro atoms. The molecule has 2 heterocycles. The quantitative estimate of drug-likeness (QED) is 0.161. The molecule has 1 saturated heterocycles. The smallest absolute Gasteiger partial charge is 0.308 e. The second-order valence-corrected chi connectivity index (χ2v) is 16.5. The topological polar surface area (TPSA) is 141 Å². The third-order valence-corrected chi connectivity index (χ3v) is 12.2. The van der Waals surface area contributed by atoms with Gasteiger partial charge < -0.3 is 25.4 Å². The average molecular weight is 758 g/mol. The molecule has 1 aromatic heterocycles. The zero-order chi connectivity index (χ0) is 39.0. The number of aromatic nitrogens is 1. The van der Waals surface area contributed by atoms with Crippen LogP contribution in [0, 0.1) is 23.6 Å². The van der Waals surface area contributed by atoms with Crippen molar-refractivity contribution in [3.8, 4) is 0 Å². The minimum atomic E-state index is -1.05. The van der Waals surface area contributed by atoms with Crippen molar-refractivity contribution in [2.75, 3.05) is 27.2 Å². The van der Waals surface area contributed by atoms with E-state index in [9.17, 15) is 28.7 Å². The van der Waals surface area contributed by atoms with Gasteiger partial charge in [-0.2, -0.15) is 0 Å². The molecule has 53 heavy (non-hydrogen) atoms. The van der Waals surface area contributed by atoms with E-state index in [-0.39, 0.29) is 65.6 Å². The standard InChI is InChI=1S/C40H60FN5O6S/c1-9-18-46(38(50)34(25(5)10-2)43-36(49)31-13-11-12-19-45(31)7)32(24(3)4)20-33(47)37-42-30(23-53-37)35(48)44-40(21-26(6)39(51)52-8)22-29(40)27-14-16-28(41)17-15-27/h14-17,23-26,29,31-34,47H,9-13,18-22H2,1-8H3,(H,43,49)(H,44,48)/t25?,26-,29?,31?,32?,33+,34-,40-/m0/s1. The summed E-state index contributed by atoms with van der Waals surface area (Å²) in [6.07, 6.45) is 4.27. The Morgan fingerprint density at radius 2 is 1.83 bits per heavy atom. The van der Waals surface area contributed by atoms with E-state index in [0.717, 1.165) is 31.4 Å². The molecule has 2 aliphatic rings. The fourth-order valence-corrected chi connectivity index (χ4v) is 8.60. The highest BCUT2D eigenvalue weighted by Crippen LogP contribution is 2.55. The SMILES string of the molecule is CCCN(C(=O)[C@@H](NC(=O)C1CCCCN1C)C(C)CC)C(C[C@@H](O)c1nc(C(=O)N[C@@]2(C[C@H](C)C(=O)OC)CC2c2ccc(F)cc2)cs1)C(C)C. The van der Waals surface area contributed by atoms with Crippen LogP contribution < -0.4 is 10.6 Å². The Morgan fingerprint density at radius 1 is 1.13 bits per heavy atom. The lowest BCUT2D eigenvalue weighted by molar-refractivity contribution is -0.145. The number of aliphatic hydroxyl groups is 1. The molecule has 4 rings (SSSR count). The number of benzene rings is 1. The van der Waals surface area contributed by atoms with Crippen LogP contribution in [-0.2, 0) is 19.1 Å². The molecule has 1 saturated carbocycles. The van der Waals surface area contributed by atoms with E-state index in [1.165, 1.54) is 30.6 Å². The van der Waals surface area contributed by atoms with Gasteiger partial charge in [0, 0.05) is 35.8 Å². The molecular formula is C40H60FN5O6S. The van der Waals surface area contributed by atoms with Crippen LogP contribution in [-0.4, -0.2) is 94.5 Å². The summed E-state index contributed by atoms with van der Waals surface area (Å²) in [6, 6.07) is 4.84. The zero-order valence-electron chi connectivity index (χ0n) is 32.7. The van der Waals surface area contributed by atoms with E-state index in [1.807, 2.05) is 46.6 Å². The summed E-state index contributed by atoms with van der Waals surface area (Å²) in [5.74, 6) is -2.15. The van der Waals surface area contributed by atoms with E-state index in [0.29, 0.717) is 37.2 Å². The molecular weight excluding hydrogens is 698 g/mol. The van der Waals surface area contributed by atoms with Crippen LogP contribution in [0.2, 0.25) is 0 Å². The van der Waals surface area contributed by atoms with Gasteiger partial charge in [0.1, 0.15) is 28.7 Å². The van der Waals surface area contributed by atoms with Gasteiger partial charge in [-0.25, -0.2) is 9.37 Å². The number of ether oxygens (including phenoxy) is 1. The minimum absolute atomic E-state index is 0.0180. The number of amides is 3. The highest BCUT2D eigenvalue weighted by Gasteiger charge is 2.57. The Labute approximate surface area is 318 Å². The first kappa shape index (κ1) is 42.3. The number of thiazole rings is 1. The molecule has 1 aliphatic carbocycles. The highest BCUT2D eigenvalue weighted by molar-refractivity contribution is 7.09. The highest BCUT2D eigenvalue weighted by atomic mass is 32.1. The first-order valence-corrected chi connectivity index (χ1v) is 20.1. The zero-order valence-corrected chi connectivity index (χ0v) is 33.5. The van der Waals surface area contributed by atoms with Gasteiger partial charge in [-0.3, -0.25) is 24.1 Å². The van der Waals surface area contributed by atoms with Gasteiger partial charge in [-0.15, -0.1) is 11.3 Å². The molecule has 2 aromatic rings. The Hall–Kier alpha value is -3.42. The fourth-order valence-electron chi connectivity index (χ4n) is 7.80. The molecule has 1 aromatic carbocycles. The van der Waals surface area contributed by atoms with Crippen LogP contribution in [0.15, 0.2) is 29.6 Å². The predicted molar refractivity (Wildman–Crippen MR) is 204 cm³/mol. The van der Waals surface area contributed by atoms with Crippen molar-refractivity contribution in [3.63, 3.8) is 0 Å².